The molecule has 0 N–H and O–H groups in total. The smallest absolute Gasteiger partial charge is 0.146 e. The molecule has 0 aromatic carbocycles. The zero-order valence-corrected chi connectivity index (χ0v) is 7.69. The van der Waals surface area contributed by atoms with Crippen LogP contribution in [-0.4, -0.2) is 11.1 Å². The van der Waals surface area contributed by atoms with Crippen LogP contribution >= 0.6 is 32.9 Å². The summed E-state index contributed by atoms with van der Waals surface area (Å²) in [7, 11) is 0. The highest BCUT2D eigenvalue weighted by Crippen LogP contribution is 2.29. The SMILES string of the molecule is Br.O=C(CBr)C1CC1. The Morgan fingerprint density at radius 2 is 2.12 bits per heavy atom. The van der Waals surface area contributed by atoms with E-state index in [4.69, 9.17) is 0 Å². The summed E-state index contributed by atoms with van der Waals surface area (Å²) in [6, 6.07) is 0. The van der Waals surface area contributed by atoms with Gasteiger partial charge in [0.1, 0.15) is 5.78 Å². The third-order valence-electron chi connectivity index (χ3n) is 1.16. The number of ketones is 1. The molecule has 0 spiro atoms. The van der Waals surface area contributed by atoms with E-state index in [1.165, 1.54) is 0 Å². The number of hydrogen-bond acceptors (Lipinski definition) is 1. The molecule has 0 bridgehead atoms. The lowest BCUT2D eigenvalue weighted by Gasteiger charge is -1.83. The van der Waals surface area contributed by atoms with Gasteiger partial charge in [0, 0.05) is 5.92 Å². The van der Waals surface area contributed by atoms with Crippen molar-refractivity contribution in [3.8, 4) is 0 Å². The van der Waals surface area contributed by atoms with E-state index in [1.54, 1.807) is 0 Å². The summed E-state index contributed by atoms with van der Waals surface area (Å²) in [5.74, 6) is 0.805. The van der Waals surface area contributed by atoms with Crippen LogP contribution < -0.4 is 0 Å². The molecule has 8 heavy (non-hydrogen) atoms. The highest BCUT2D eigenvalue weighted by atomic mass is 79.9. The first-order valence-electron chi connectivity index (χ1n) is 2.43. The van der Waals surface area contributed by atoms with E-state index in [0.29, 0.717) is 17.0 Å². The van der Waals surface area contributed by atoms with E-state index < -0.39 is 0 Å². The van der Waals surface area contributed by atoms with Gasteiger partial charge < -0.3 is 0 Å². The molecule has 0 aromatic heterocycles. The molecule has 0 aliphatic heterocycles. The van der Waals surface area contributed by atoms with Gasteiger partial charge >= 0.3 is 0 Å². The van der Waals surface area contributed by atoms with Gasteiger partial charge in [-0.15, -0.1) is 17.0 Å². The van der Waals surface area contributed by atoms with Crippen LogP contribution in [0.2, 0.25) is 0 Å². The van der Waals surface area contributed by atoms with Crippen LogP contribution in [0.4, 0.5) is 0 Å². The molecule has 0 radical (unpaired) electrons. The van der Waals surface area contributed by atoms with Gasteiger partial charge in [-0.1, -0.05) is 15.9 Å². The molecule has 1 rings (SSSR count). The standard InChI is InChI=1S/C5H7BrO.BrH/c6-3-5(7)4-1-2-4;/h4H,1-3H2;1H. The Labute approximate surface area is 67.7 Å². The summed E-state index contributed by atoms with van der Waals surface area (Å²) in [5.41, 5.74) is 0. The number of hydrogen-bond donors (Lipinski definition) is 0. The van der Waals surface area contributed by atoms with E-state index >= 15 is 0 Å². The molecule has 0 atom stereocenters. The van der Waals surface area contributed by atoms with Gasteiger partial charge in [-0.2, -0.15) is 0 Å². The van der Waals surface area contributed by atoms with Gasteiger partial charge in [0.2, 0.25) is 0 Å². The molecule has 0 amide bonds. The summed E-state index contributed by atoms with van der Waals surface area (Å²) in [6.45, 7) is 0. The molecule has 1 fully saturated rings. The quantitative estimate of drug-likeness (QED) is 0.678. The topological polar surface area (TPSA) is 17.1 Å². The predicted octanol–water partition coefficient (Wildman–Crippen LogP) is 1.94. The average Bonchev–Trinajstić information content (AvgIpc) is 2.44. The number of halogens is 2. The van der Waals surface area contributed by atoms with Gasteiger partial charge in [0.25, 0.3) is 0 Å². The highest BCUT2D eigenvalue weighted by Gasteiger charge is 2.27. The number of rotatable bonds is 2. The summed E-state index contributed by atoms with van der Waals surface area (Å²) in [6.07, 6.45) is 2.26. The van der Waals surface area contributed by atoms with Crippen LogP contribution in [0.3, 0.4) is 0 Å². The van der Waals surface area contributed by atoms with Crippen LogP contribution in [0.1, 0.15) is 12.8 Å². The third-order valence-corrected chi connectivity index (χ3v) is 1.72. The number of carbonyl (C=O) groups excluding carboxylic acids is 1. The molecule has 1 aliphatic carbocycles. The first kappa shape index (κ1) is 8.63. The van der Waals surface area contributed by atoms with Gasteiger partial charge in [0.15, 0.2) is 0 Å². The zero-order valence-electron chi connectivity index (χ0n) is 4.39. The maximum absolute atomic E-state index is 10.5. The van der Waals surface area contributed by atoms with Gasteiger partial charge in [-0.25, -0.2) is 0 Å². The minimum atomic E-state index is 0. The monoisotopic (exact) mass is 242 g/mol. The Bertz CT molecular complexity index is 88.4. The van der Waals surface area contributed by atoms with Crippen LogP contribution in [0.15, 0.2) is 0 Å². The minimum absolute atomic E-state index is 0. The normalized spacial score (nSPS) is 17.1. The van der Waals surface area contributed by atoms with Gasteiger partial charge in [-0.05, 0) is 12.8 Å². The second-order valence-electron chi connectivity index (χ2n) is 1.87. The lowest BCUT2D eigenvalue weighted by molar-refractivity contribution is -0.117. The van der Waals surface area contributed by atoms with E-state index in [0.717, 1.165) is 12.8 Å². The Kier molecular flexibility index (Phi) is 3.90. The van der Waals surface area contributed by atoms with Crippen molar-refractivity contribution in [2.45, 2.75) is 12.8 Å². The van der Waals surface area contributed by atoms with Crippen molar-refractivity contribution < 1.29 is 4.79 Å². The zero-order chi connectivity index (χ0) is 5.28. The Balaban J connectivity index is 0.000000490. The van der Waals surface area contributed by atoms with Crippen LogP contribution in [-0.2, 0) is 4.79 Å². The molecular formula is C5H8Br2O. The van der Waals surface area contributed by atoms with Crippen molar-refractivity contribution >= 4 is 38.7 Å². The van der Waals surface area contributed by atoms with Crippen molar-refractivity contribution in [1.82, 2.24) is 0 Å². The molecule has 0 heterocycles. The first-order valence-corrected chi connectivity index (χ1v) is 3.55. The fraction of sp³-hybridized carbons (Fsp3) is 0.800. The van der Waals surface area contributed by atoms with Crippen molar-refractivity contribution in [2.24, 2.45) is 5.92 Å². The second-order valence-corrected chi connectivity index (χ2v) is 2.43. The average molecular weight is 244 g/mol. The summed E-state index contributed by atoms with van der Waals surface area (Å²) >= 11 is 3.11. The van der Waals surface area contributed by atoms with Crippen molar-refractivity contribution in [3.63, 3.8) is 0 Å². The predicted molar refractivity (Wildman–Crippen MR) is 41.8 cm³/mol. The summed E-state index contributed by atoms with van der Waals surface area (Å²) in [4.78, 5) is 10.5. The molecule has 1 aliphatic rings. The fourth-order valence-electron chi connectivity index (χ4n) is 0.514. The maximum Gasteiger partial charge on any atom is 0.146 e. The first-order chi connectivity index (χ1) is 3.34. The molecule has 3 heteroatoms. The van der Waals surface area contributed by atoms with Crippen molar-refractivity contribution in [3.05, 3.63) is 0 Å². The highest BCUT2D eigenvalue weighted by molar-refractivity contribution is 9.09. The molecule has 1 nitrogen and oxygen atoms in total. The maximum atomic E-state index is 10.5. The Morgan fingerprint density at radius 3 is 2.25 bits per heavy atom. The summed E-state index contributed by atoms with van der Waals surface area (Å²) in [5, 5.41) is 0.553. The molecule has 0 unspecified atom stereocenters. The molecular weight excluding hydrogens is 236 g/mol. The number of Topliss-reactive ketones (excluding diaryl/α,β-unsaturated/α-hetero) is 1. The van der Waals surface area contributed by atoms with Crippen LogP contribution in [0.25, 0.3) is 0 Å². The van der Waals surface area contributed by atoms with Crippen molar-refractivity contribution in [1.29, 1.82) is 0 Å². The number of alkyl halides is 1. The van der Waals surface area contributed by atoms with Gasteiger partial charge in [-0.3, -0.25) is 4.79 Å². The second kappa shape index (κ2) is 3.62. The Morgan fingerprint density at radius 1 is 1.62 bits per heavy atom. The Hall–Kier alpha value is 0.630. The lowest BCUT2D eigenvalue weighted by Crippen LogP contribution is -1.99. The molecule has 1 saturated carbocycles. The molecule has 0 aromatic rings. The van der Waals surface area contributed by atoms with Crippen LogP contribution in [0, 0.1) is 5.92 Å². The fourth-order valence-corrected chi connectivity index (χ4v) is 0.972. The molecule has 0 saturated heterocycles. The van der Waals surface area contributed by atoms with Gasteiger partial charge in [0.05, 0.1) is 5.33 Å². The minimum Gasteiger partial charge on any atom is -0.298 e. The van der Waals surface area contributed by atoms with E-state index in [2.05, 4.69) is 15.9 Å². The largest absolute Gasteiger partial charge is 0.298 e. The summed E-state index contributed by atoms with van der Waals surface area (Å²) < 4.78 is 0. The third kappa shape index (κ3) is 2.27. The lowest BCUT2D eigenvalue weighted by atomic mass is 10.3. The van der Waals surface area contributed by atoms with Crippen LogP contribution in [0.5, 0.6) is 0 Å². The van der Waals surface area contributed by atoms with E-state index in [9.17, 15) is 4.79 Å². The molecule has 48 valence electrons. The van der Waals surface area contributed by atoms with E-state index in [-0.39, 0.29) is 17.0 Å². The number of carbonyl (C=O) groups is 1. The van der Waals surface area contributed by atoms with Crippen molar-refractivity contribution in [2.75, 3.05) is 5.33 Å². The van der Waals surface area contributed by atoms with E-state index in [1.807, 2.05) is 0 Å².